The summed E-state index contributed by atoms with van der Waals surface area (Å²) in [7, 11) is 0. The number of hydrogen-bond donors (Lipinski definition) is 0. The maximum Gasteiger partial charge on any atom is 0.305 e. The largest absolute Gasteiger partial charge is 0.466 e. The Morgan fingerprint density at radius 2 is 1.44 bits per heavy atom. The molecule has 0 spiro atoms. The first-order valence-corrected chi connectivity index (χ1v) is 6.46. The van der Waals surface area contributed by atoms with Crippen LogP contribution in [0, 0.1) is 0 Å². The molecule has 3 heteroatoms. The minimum atomic E-state index is -0.0115. The van der Waals surface area contributed by atoms with E-state index in [0.717, 1.165) is 25.7 Å². The highest BCUT2D eigenvalue weighted by Gasteiger charge is 2.01. The average Bonchev–Trinajstić information content (AvgIpc) is 2.24. The van der Waals surface area contributed by atoms with Gasteiger partial charge in [-0.1, -0.05) is 52.4 Å². The van der Waals surface area contributed by atoms with E-state index in [1.54, 1.807) is 0 Å². The van der Waals surface area contributed by atoms with Gasteiger partial charge in [0.2, 0.25) is 0 Å². The lowest BCUT2D eigenvalue weighted by Crippen LogP contribution is -2.05. The van der Waals surface area contributed by atoms with Crippen molar-refractivity contribution >= 4 is 5.97 Å². The molecule has 0 aromatic rings. The summed E-state index contributed by atoms with van der Waals surface area (Å²) >= 11 is 0. The molecule has 0 atom stereocenters. The van der Waals surface area contributed by atoms with E-state index < -0.39 is 0 Å². The van der Waals surface area contributed by atoms with Crippen LogP contribution < -0.4 is 0 Å². The molecule has 0 aliphatic rings. The molecular formula is C13H28O3. The monoisotopic (exact) mass is 232 g/mol. The van der Waals surface area contributed by atoms with Gasteiger partial charge in [-0.3, -0.25) is 4.79 Å². The van der Waals surface area contributed by atoms with Crippen LogP contribution in [0.5, 0.6) is 0 Å². The fraction of sp³-hybridized carbons (Fsp3) is 0.923. The Balaban J connectivity index is 0. The standard InChI is InChI=1S/C13H26O2.H2O/c1-3-5-7-8-9-11-13(14)15-12-10-6-4-2;/h3-12H2,1-2H3;1H2. The number of carbonyl (C=O) groups is 1. The molecule has 0 radical (unpaired) electrons. The van der Waals surface area contributed by atoms with Gasteiger partial charge >= 0.3 is 5.97 Å². The molecule has 0 heterocycles. The third kappa shape index (κ3) is 13.4. The molecular weight excluding hydrogens is 204 g/mol. The minimum Gasteiger partial charge on any atom is -0.466 e. The van der Waals surface area contributed by atoms with E-state index in [2.05, 4.69) is 13.8 Å². The molecule has 0 saturated carbocycles. The Labute approximate surface area is 99.9 Å². The van der Waals surface area contributed by atoms with Crippen LogP contribution in [-0.4, -0.2) is 18.1 Å². The predicted molar refractivity (Wildman–Crippen MR) is 67.5 cm³/mol. The molecule has 0 aliphatic heterocycles. The van der Waals surface area contributed by atoms with Crippen LogP contribution in [0.1, 0.15) is 71.6 Å². The van der Waals surface area contributed by atoms with Crippen molar-refractivity contribution < 1.29 is 15.0 Å². The van der Waals surface area contributed by atoms with Crippen LogP contribution in [0.25, 0.3) is 0 Å². The van der Waals surface area contributed by atoms with E-state index in [9.17, 15) is 4.79 Å². The van der Waals surface area contributed by atoms with E-state index >= 15 is 0 Å². The van der Waals surface area contributed by atoms with Crippen LogP contribution in [0.15, 0.2) is 0 Å². The molecule has 0 aromatic carbocycles. The van der Waals surface area contributed by atoms with Gasteiger partial charge in [-0.15, -0.1) is 0 Å². The van der Waals surface area contributed by atoms with E-state index in [-0.39, 0.29) is 11.4 Å². The maximum absolute atomic E-state index is 11.2. The smallest absolute Gasteiger partial charge is 0.305 e. The summed E-state index contributed by atoms with van der Waals surface area (Å²) in [5.74, 6) is -0.0115. The fourth-order valence-corrected chi connectivity index (χ4v) is 1.48. The van der Waals surface area contributed by atoms with Gasteiger partial charge in [0.15, 0.2) is 0 Å². The van der Waals surface area contributed by atoms with Crippen molar-refractivity contribution in [3.8, 4) is 0 Å². The van der Waals surface area contributed by atoms with Crippen molar-refractivity contribution in [1.82, 2.24) is 0 Å². The molecule has 0 aliphatic carbocycles. The Bertz CT molecular complexity index is 146. The van der Waals surface area contributed by atoms with Gasteiger partial charge in [0.1, 0.15) is 0 Å². The molecule has 16 heavy (non-hydrogen) atoms. The first-order valence-electron chi connectivity index (χ1n) is 6.46. The topological polar surface area (TPSA) is 57.8 Å². The van der Waals surface area contributed by atoms with E-state index in [1.807, 2.05) is 0 Å². The van der Waals surface area contributed by atoms with Gasteiger partial charge in [-0.05, 0) is 12.8 Å². The summed E-state index contributed by atoms with van der Waals surface area (Å²) in [6.45, 7) is 4.96. The summed E-state index contributed by atoms with van der Waals surface area (Å²) in [6, 6.07) is 0. The first kappa shape index (κ1) is 17.8. The summed E-state index contributed by atoms with van der Waals surface area (Å²) in [6.07, 6.45) is 9.89. The van der Waals surface area contributed by atoms with E-state index in [1.165, 1.54) is 25.7 Å². The fourth-order valence-electron chi connectivity index (χ4n) is 1.48. The zero-order chi connectivity index (χ0) is 11.4. The van der Waals surface area contributed by atoms with Gasteiger partial charge in [-0.25, -0.2) is 0 Å². The number of ether oxygens (including phenoxy) is 1. The molecule has 0 bridgehead atoms. The molecule has 0 saturated heterocycles. The maximum atomic E-state index is 11.2. The second-order valence-corrected chi connectivity index (χ2v) is 4.09. The Kier molecular flexibility index (Phi) is 16.1. The van der Waals surface area contributed by atoms with Gasteiger partial charge < -0.3 is 10.2 Å². The number of rotatable bonds is 10. The highest BCUT2D eigenvalue weighted by atomic mass is 16.5. The SMILES string of the molecule is CCCCCCCC(=O)OCCCCC.O. The molecule has 0 amide bonds. The molecule has 3 nitrogen and oxygen atoms in total. The predicted octanol–water partition coefficient (Wildman–Crippen LogP) is 3.26. The third-order valence-corrected chi connectivity index (χ3v) is 2.50. The number of unbranched alkanes of at least 4 members (excludes halogenated alkanes) is 6. The van der Waals surface area contributed by atoms with Crippen molar-refractivity contribution in [2.45, 2.75) is 71.6 Å². The second-order valence-electron chi connectivity index (χ2n) is 4.09. The van der Waals surface area contributed by atoms with Crippen LogP contribution in [0.2, 0.25) is 0 Å². The zero-order valence-corrected chi connectivity index (χ0v) is 10.9. The van der Waals surface area contributed by atoms with Crippen molar-refractivity contribution in [2.75, 3.05) is 6.61 Å². The lowest BCUT2D eigenvalue weighted by atomic mass is 10.1. The summed E-state index contributed by atoms with van der Waals surface area (Å²) in [5, 5.41) is 0. The number of esters is 1. The summed E-state index contributed by atoms with van der Waals surface area (Å²) in [5.41, 5.74) is 0. The van der Waals surface area contributed by atoms with E-state index in [0.29, 0.717) is 13.0 Å². The van der Waals surface area contributed by atoms with Gasteiger partial charge in [0.05, 0.1) is 6.61 Å². The molecule has 0 unspecified atom stereocenters. The van der Waals surface area contributed by atoms with Crippen LogP contribution in [-0.2, 0) is 9.53 Å². The number of hydrogen-bond acceptors (Lipinski definition) is 2. The molecule has 0 aromatic heterocycles. The molecule has 98 valence electrons. The van der Waals surface area contributed by atoms with Crippen molar-refractivity contribution in [3.63, 3.8) is 0 Å². The van der Waals surface area contributed by atoms with Gasteiger partial charge in [0.25, 0.3) is 0 Å². The third-order valence-electron chi connectivity index (χ3n) is 2.50. The Hall–Kier alpha value is -0.570. The Morgan fingerprint density at radius 3 is 2.06 bits per heavy atom. The second kappa shape index (κ2) is 14.4. The lowest BCUT2D eigenvalue weighted by Gasteiger charge is -2.03. The molecule has 0 fully saturated rings. The van der Waals surface area contributed by atoms with E-state index in [4.69, 9.17) is 4.74 Å². The highest BCUT2D eigenvalue weighted by molar-refractivity contribution is 5.69. The summed E-state index contributed by atoms with van der Waals surface area (Å²) in [4.78, 5) is 11.2. The van der Waals surface area contributed by atoms with Gasteiger partial charge in [0, 0.05) is 6.42 Å². The number of carbonyl (C=O) groups excluding carboxylic acids is 1. The highest BCUT2D eigenvalue weighted by Crippen LogP contribution is 2.06. The van der Waals surface area contributed by atoms with Crippen LogP contribution in [0.3, 0.4) is 0 Å². The van der Waals surface area contributed by atoms with Crippen molar-refractivity contribution in [1.29, 1.82) is 0 Å². The van der Waals surface area contributed by atoms with Crippen LogP contribution >= 0.6 is 0 Å². The van der Waals surface area contributed by atoms with Crippen LogP contribution in [0.4, 0.5) is 0 Å². The van der Waals surface area contributed by atoms with Crippen molar-refractivity contribution in [2.24, 2.45) is 0 Å². The normalized spacial score (nSPS) is 9.62. The first-order chi connectivity index (χ1) is 7.31. The quantitative estimate of drug-likeness (QED) is 0.429. The van der Waals surface area contributed by atoms with Crippen molar-refractivity contribution in [3.05, 3.63) is 0 Å². The Morgan fingerprint density at radius 1 is 0.875 bits per heavy atom. The lowest BCUT2D eigenvalue weighted by molar-refractivity contribution is -0.143. The molecule has 0 rings (SSSR count). The summed E-state index contributed by atoms with van der Waals surface area (Å²) < 4.78 is 5.11. The van der Waals surface area contributed by atoms with Gasteiger partial charge in [-0.2, -0.15) is 0 Å². The average molecular weight is 232 g/mol. The molecule has 2 N–H and O–H groups in total. The minimum absolute atomic E-state index is 0. The zero-order valence-electron chi connectivity index (χ0n) is 10.9.